The Morgan fingerprint density at radius 2 is 1.72 bits per heavy atom. The summed E-state index contributed by atoms with van der Waals surface area (Å²) in [6.07, 6.45) is 0.684. The monoisotopic (exact) mass is 413 g/mol. The summed E-state index contributed by atoms with van der Waals surface area (Å²) >= 11 is 0. The van der Waals surface area contributed by atoms with Gasteiger partial charge in [-0.1, -0.05) is 30.3 Å². The van der Waals surface area contributed by atoms with Crippen LogP contribution in [0, 0.1) is 0 Å². The molecule has 6 nitrogen and oxygen atoms in total. The standard InChI is InChI=1S/C22H27N3O3S/c1-17-14-20-15-21(8-9-22(20)25(17)18(2)26)29(27,28)24-12-10-23(11-13-24)16-19-6-4-3-5-7-19/h3-9,15,17H,10-14,16H2,1-2H3. The van der Waals surface area contributed by atoms with Gasteiger partial charge in [0.1, 0.15) is 0 Å². The maximum absolute atomic E-state index is 13.2. The van der Waals surface area contributed by atoms with Gasteiger partial charge in [0.05, 0.1) is 4.90 Å². The Morgan fingerprint density at radius 1 is 1.03 bits per heavy atom. The molecule has 1 fully saturated rings. The fourth-order valence-corrected chi connectivity index (χ4v) is 5.84. The van der Waals surface area contributed by atoms with Crippen LogP contribution in [0.4, 0.5) is 5.69 Å². The molecule has 1 unspecified atom stereocenters. The molecule has 7 heteroatoms. The number of nitrogens with zero attached hydrogens (tertiary/aromatic N) is 3. The third-order valence-corrected chi connectivity index (χ3v) is 7.72. The molecule has 154 valence electrons. The summed E-state index contributed by atoms with van der Waals surface area (Å²) in [5, 5.41) is 0. The van der Waals surface area contributed by atoms with Gasteiger partial charge in [0, 0.05) is 51.4 Å². The lowest BCUT2D eigenvalue weighted by Gasteiger charge is -2.34. The van der Waals surface area contributed by atoms with Crippen molar-refractivity contribution in [3.63, 3.8) is 0 Å². The molecule has 4 rings (SSSR count). The quantitative estimate of drug-likeness (QED) is 0.773. The van der Waals surface area contributed by atoms with Crippen LogP contribution in [0.5, 0.6) is 0 Å². The number of fused-ring (bicyclic) bond motifs is 1. The Hall–Kier alpha value is -2.22. The van der Waals surface area contributed by atoms with Crippen molar-refractivity contribution in [3.8, 4) is 0 Å². The number of carbonyl (C=O) groups excluding carboxylic acids is 1. The normalized spacial score (nSPS) is 20.6. The van der Waals surface area contributed by atoms with Crippen molar-refractivity contribution in [3.05, 3.63) is 59.7 Å². The first-order chi connectivity index (χ1) is 13.9. The second-order valence-electron chi connectivity index (χ2n) is 7.90. The van der Waals surface area contributed by atoms with Crippen molar-refractivity contribution in [2.75, 3.05) is 31.1 Å². The number of amides is 1. The number of sulfonamides is 1. The highest BCUT2D eigenvalue weighted by Crippen LogP contribution is 2.34. The van der Waals surface area contributed by atoms with Gasteiger partial charge in [-0.05, 0) is 42.7 Å². The lowest BCUT2D eigenvalue weighted by Crippen LogP contribution is -2.48. The summed E-state index contributed by atoms with van der Waals surface area (Å²) in [7, 11) is -3.53. The molecule has 1 atom stereocenters. The number of rotatable bonds is 4. The smallest absolute Gasteiger partial charge is 0.243 e. The van der Waals surface area contributed by atoms with E-state index in [1.165, 1.54) is 5.56 Å². The summed E-state index contributed by atoms with van der Waals surface area (Å²) in [5.74, 6) is -0.0126. The van der Waals surface area contributed by atoms with E-state index in [0.717, 1.165) is 17.8 Å². The average molecular weight is 414 g/mol. The zero-order valence-electron chi connectivity index (χ0n) is 16.9. The summed E-state index contributed by atoms with van der Waals surface area (Å²) < 4.78 is 27.9. The molecule has 0 N–H and O–H groups in total. The number of hydrogen-bond acceptors (Lipinski definition) is 4. The number of carbonyl (C=O) groups is 1. The number of piperazine rings is 1. The largest absolute Gasteiger partial charge is 0.309 e. The van der Waals surface area contributed by atoms with E-state index >= 15 is 0 Å². The molecule has 2 heterocycles. The van der Waals surface area contributed by atoms with Gasteiger partial charge in [-0.25, -0.2) is 8.42 Å². The summed E-state index contributed by atoms with van der Waals surface area (Å²) in [5.41, 5.74) is 3.00. The molecule has 2 aromatic rings. The van der Waals surface area contributed by atoms with Gasteiger partial charge in [0.25, 0.3) is 0 Å². The minimum Gasteiger partial charge on any atom is -0.309 e. The van der Waals surface area contributed by atoms with Gasteiger partial charge < -0.3 is 4.90 Å². The van der Waals surface area contributed by atoms with Gasteiger partial charge in [0.2, 0.25) is 15.9 Å². The number of benzene rings is 2. The third kappa shape index (κ3) is 3.95. The first-order valence-electron chi connectivity index (χ1n) is 10.1. The van der Waals surface area contributed by atoms with Crippen LogP contribution in [-0.2, 0) is 27.8 Å². The van der Waals surface area contributed by atoms with Gasteiger partial charge in [-0.2, -0.15) is 4.31 Å². The molecule has 1 amide bonds. The van der Waals surface area contributed by atoms with E-state index in [1.807, 2.05) is 25.1 Å². The van der Waals surface area contributed by atoms with Crippen LogP contribution >= 0.6 is 0 Å². The Labute approximate surface area is 172 Å². The Balaban J connectivity index is 1.46. The highest BCUT2D eigenvalue weighted by Gasteiger charge is 2.33. The number of anilines is 1. The van der Waals surface area contributed by atoms with E-state index in [2.05, 4.69) is 17.0 Å². The second-order valence-corrected chi connectivity index (χ2v) is 9.84. The van der Waals surface area contributed by atoms with Crippen LogP contribution in [0.3, 0.4) is 0 Å². The first-order valence-corrected chi connectivity index (χ1v) is 11.5. The van der Waals surface area contributed by atoms with E-state index in [0.29, 0.717) is 37.5 Å². The fraction of sp³-hybridized carbons (Fsp3) is 0.409. The summed E-state index contributed by atoms with van der Waals surface area (Å²) in [4.78, 5) is 16.3. The van der Waals surface area contributed by atoms with E-state index in [9.17, 15) is 13.2 Å². The third-order valence-electron chi connectivity index (χ3n) is 5.82. The average Bonchev–Trinajstić information content (AvgIpc) is 3.04. The van der Waals surface area contributed by atoms with Crippen molar-refractivity contribution >= 4 is 21.6 Å². The molecular formula is C22H27N3O3S. The Bertz CT molecular complexity index is 999. The Morgan fingerprint density at radius 3 is 2.38 bits per heavy atom. The van der Waals surface area contributed by atoms with Crippen molar-refractivity contribution in [1.82, 2.24) is 9.21 Å². The molecule has 0 bridgehead atoms. The lowest BCUT2D eigenvalue weighted by molar-refractivity contribution is -0.116. The predicted molar refractivity (Wildman–Crippen MR) is 113 cm³/mol. The van der Waals surface area contributed by atoms with Crippen LogP contribution in [0.2, 0.25) is 0 Å². The van der Waals surface area contributed by atoms with Crippen molar-refractivity contribution in [2.45, 2.75) is 37.8 Å². The molecule has 0 aliphatic carbocycles. The zero-order valence-corrected chi connectivity index (χ0v) is 17.7. The molecule has 1 saturated heterocycles. The van der Waals surface area contributed by atoms with Crippen LogP contribution in [0.15, 0.2) is 53.4 Å². The SMILES string of the molecule is CC(=O)N1c2ccc(S(=O)(=O)N3CCN(Cc4ccccc4)CC3)cc2CC1C. The van der Waals surface area contributed by atoms with E-state index in [4.69, 9.17) is 0 Å². The molecule has 0 aromatic heterocycles. The predicted octanol–water partition coefficient (Wildman–Crippen LogP) is 2.49. The number of hydrogen-bond donors (Lipinski definition) is 0. The van der Waals surface area contributed by atoms with Crippen molar-refractivity contribution < 1.29 is 13.2 Å². The highest BCUT2D eigenvalue weighted by molar-refractivity contribution is 7.89. The maximum atomic E-state index is 13.2. The van der Waals surface area contributed by atoms with E-state index in [1.54, 1.807) is 34.3 Å². The molecular weight excluding hydrogens is 386 g/mol. The summed E-state index contributed by atoms with van der Waals surface area (Å²) in [6.45, 7) is 6.78. The lowest BCUT2D eigenvalue weighted by atomic mass is 10.1. The van der Waals surface area contributed by atoms with Crippen LogP contribution in [-0.4, -0.2) is 55.8 Å². The van der Waals surface area contributed by atoms with E-state index < -0.39 is 10.0 Å². The molecule has 0 spiro atoms. The fourth-order valence-electron chi connectivity index (χ4n) is 4.37. The zero-order chi connectivity index (χ0) is 20.6. The maximum Gasteiger partial charge on any atom is 0.243 e. The van der Waals surface area contributed by atoms with Crippen molar-refractivity contribution in [2.24, 2.45) is 0 Å². The van der Waals surface area contributed by atoms with Crippen LogP contribution in [0.25, 0.3) is 0 Å². The topological polar surface area (TPSA) is 60.9 Å². The minimum atomic E-state index is -3.53. The summed E-state index contributed by atoms with van der Waals surface area (Å²) in [6, 6.07) is 15.5. The molecule has 2 aliphatic rings. The van der Waals surface area contributed by atoms with Gasteiger partial charge >= 0.3 is 0 Å². The second kappa shape index (κ2) is 7.89. The van der Waals surface area contributed by atoms with Crippen LogP contribution in [0.1, 0.15) is 25.0 Å². The molecule has 2 aromatic carbocycles. The highest BCUT2D eigenvalue weighted by atomic mass is 32.2. The van der Waals surface area contributed by atoms with Crippen molar-refractivity contribution in [1.29, 1.82) is 0 Å². The van der Waals surface area contributed by atoms with Gasteiger partial charge in [-0.3, -0.25) is 9.69 Å². The minimum absolute atomic E-state index is 0.0126. The van der Waals surface area contributed by atoms with Gasteiger partial charge in [0.15, 0.2) is 0 Å². The first kappa shape index (κ1) is 20.1. The molecule has 0 saturated carbocycles. The van der Waals surface area contributed by atoms with E-state index in [-0.39, 0.29) is 11.9 Å². The Kier molecular flexibility index (Phi) is 5.46. The van der Waals surface area contributed by atoms with Crippen LogP contribution < -0.4 is 4.90 Å². The van der Waals surface area contributed by atoms with Gasteiger partial charge in [-0.15, -0.1) is 0 Å². The molecule has 2 aliphatic heterocycles. The molecule has 29 heavy (non-hydrogen) atoms. The molecule has 0 radical (unpaired) electrons.